The summed E-state index contributed by atoms with van der Waals surface area (Å²) in [6.07, 6.45) is 0.389. The minimum Gasteiger partial charge on any atom is -0.394 e. The Labute approximate surface area is 117 Å². The predicted molar refractivity (Wildman–Crippen MR) is 73.4 cm³/mol. The summed E-state index contributed by atoms with van der Waals surface area (Å²) in [5.74, 6) is -1.73. The summed E-state index contributed by atoms with van der Waals surface area (Å²) >= 11 is 3.75. The van der Waals surface area contributed by atoms with Gasteiger partial charge in [0.05, 0.1) is 12.4 Å². The molecule has 0 aliphatic rings. The standard InChI is InChI=1S/C11H21N3O4S/c1-6(2)3-7(10(12)17)14-11(18)8(4-15)13-9(16)5-19/h6-8,15,19H,3-5H2,1-2H3,(H2,12,17)(H,13,16)(H,14,18)/t7-,8-/m0/s1. The molecule has 0 radical (unpaired) electrons. The molecule has 19 heavy (non-hydrogen) atoms. The lowest BCUT2D eigenvalue weighted by Gasteiger charge is -2.21. The molecule has 0 aliphatic heterocycles. The molecule has 3 amide bonds. The lowest BCUT2D eigenvalue weighted by atomic mass is 10.0. The summed E-state index contributed by atoms with van der Waals surface area (Å²) in [6.45, 7) is 3.20. The van der Waals surface area contributed by atoms with Crippen molar-refractivity contribution < 1.29 is 19.5 Å². The van der Waals surface area contributed by atoms with Gasteiger partial charge in [0.2, 0.25) is 17.7 Å². The van der Waals surface area contributed by atoms with Crippen LogP contribution in [0.2, 0.25) is 0 Å². The number of aliphatic hydroxyl groups excluding tert-OH is 1. The minimum atomic E-state index is -1.12. The van der Waals surface area contributed by atoms with E-state index in [-0.39, 0.29) is 11.7 Å². The van der Waals surface area contributed by atoms with Crippen LogP contribution in [0.5, 0.6) is 0 Å². The first-order valence-electron chi connectivity index (χ1n) is 5.92. The Morgan fingerprint density at radius 1 is 1.21 bits per heavy atom. The number of rotatable bonds is 8. The average Bonchev–Trinajstić information content (AvgIpc) is 2.33. The van der Waals surface area contributed by atoms with Gasteiger partial charge in [-0.25, -0.2) is 0 Å². The maximum atomic E-state index is 11.8. The number of thiol groups is 1. The highest BCUT2D eigenvalue weighted by Gasteiger charge is 2.25. The highest BCUT2D eigenvalue weighted by Crippen LogP contribution is 2.04. The molecule has 5 N–H and O–H groups in total. The molecule has 0 saturated carbocycles. The second-order valence-corrected chi connectivity index (χ2v) is 4.87. The quantitative estimate of drug-likeness (QED) is 0.346. The molecule has 7 nitrogen and oxygen atoms in total. The third kappa shape index (κ3) is 7.02. The molecule has 0 spiro atoms. The minimum absolute atomic E-state index is 0.102. The molecule has 0 rings (SSSR count). The molecule has 0 bridgehead atoms. The number of nitrogens with one attached hydrogen (secondary N) is 2. The van der Waals surface area contributed by atoms with E-state index in [1.807, 2.05) is 13.8 Å². The van der Waals surface area contributed by atoms with Crippen molar-refractivity contribution in [2.24, 2.45) is 11.7 Å². The first-order valence-corrected chi connectivity index (χ1v) is 6.55. The van der Waals surface area contributed by atoms with Crippen molar-refractivity contribution in [2.75, 3.05) is 12.4 Å². The second-order valence-electron chi connectivity index (χ2n) is 4.55. The Bertz CT molecular complexity index is 336. The van der Waals surface area contributed by atoms with Gasteiger partial charge in [-0.2, -0.15) is 12.6 Å². The molecule has 0 unspecified atom stereocenters. The Morgan fingerprint density at radius 3 is 2.16 bits per heavy atom. The van der Waals surface area contributed by atoms with E-state index in [4.69, 9.17) is 10.8 Å². The van der Waals surface area contributed by atoms with Gasteiger partial charge in [0.1, 0.15) is 12.1 Å². The van der Waals surface area contributed by atoms with Crippen molar-refractivity contribution in [1.29, 1.82) is 0 Å². The first-order chi connectivity index (χ1) is 8.81. The zero-order valence-corrected chi connectivity index (χ0v) is 11.9. The van der Waals surface area contributed by atoms with Crippen LogP contribution in [0.15, 0.2) is 0 Å². The highest BCUT2D eigenvalue weighted by atomic mass is 32.1. The van der Waals surface area contributed by atoms with E-state index in [1.165, 1.54) is 0 Å². The SMILES string of the molecule is CC(C)C[C@H](NC(=O)[C@H](CO)NC(=O)CS)C(N)=O. The zero-order valence-electron chi connectivity index (χ0n) is 11.0. The maximum absolute atomic E-state index is 11.8. The molecular weight excluding hydrogens is 270 g/mol. The van der Waals surface area contributed by atoms with Gasteiger partial charge in [0.25, 0.3) is 0 Å². The number of carbonyl (C=O) groups is 3. The van der Waals surface area contributed by atoms with Crippen LogP contribution in [0.4, 0.5) is 0 Å². The monoisotopic (exact) mass is 291 g/mol. The molecule has 0 saturated heterocycles. The Hall–Kier alpha value is -1.28. The predicted octanol–water partition coefficient (Wildman–Crippen LogP) is -1.59. The number of aliphatic hydroxyl groups is 1. The van der Waals surface area contributed by atoms with Gasteiger partial charge < -0.3 is 21.5 Å². The molecule has 0 aromatic rings. The summed E-state index contributed by atoms with van der Waals surface area (Å²) < 4.78 is 0. The first kappa shape index (κ1) is 17.7. The summed E-state index contributed by atoms with van der Waals surface area (Å²) in [4.78, 5) is 34.1. The van der Waals surface area contributed by atoms with Gasteiger partial charge in [-0.15, -0.1) is 0 Å². The van der Waals surface area contributed by atoms with Crippen LogP contribution in [0.25, 0.3) is 0 Å². The fourth-order valence-corrected chi connectivity index (χ4v) is 1.52. The second kappa shape index (κ2) is 8.76. The smallest absolute Gasteiger partial charge is 0.245 e. The molecule has 0 aromatic carbocycles. The van der Waals surface area contributed by atoms with Crippen molar-refractivity contribution in [3.8, 4) is 0 Å². The van der Waals surface area contributed by atoms with E-state index in [0.717, 1.165) is 0 Å². The highest BCUT2D eigenvalue weighted by molar-refractivity contribution is 7.81. The van der Waals surface area contributed by atoms with Crippen LogP contribution in [-0.4, -0.2) is 47.3 Å². The Kier molecular flexibility index (Phi) is 8.17. The van der Waals surface area contributed by atoms with E-state index < -0.39 is 36.4 Å². The Balaban J connectivity index is 4.59. The van der Waals surface area contributed by atoms with Gasteiger partial charge in [0.15, 0.2) is 0 Å². The van der Waals surface area contributed by atoms with E-state index in [0.29, 0.717) is 6.42 Å². The fraction of sp³-hybridized carbons (Fsp3) is 0.727. The van der Waals surface area contributed by atoms with Crippen molar-refractivity contribution in [2.45, 2.75) is 32.4 Å². The van der Waals surface area contributed by atoms with Crippen LogP contribution >= 0.6 is 12.6 Å². The lowest BCUT2D eigenvalue weighted by Crippen LogP contribution is -2.54. The van der Waals surface area contributed by atoms with Gasteiger partial charge in [0, 0.05) is 0 Å². The fourth-order valence-electron chi connectivity index (χ4n) is 1.42. The third-order valence-electron chi connectivity index (χ3n) is 2.34. The number of hydrogen-bond acceptors (Lipinski definition) is 5. The lowest BCUT2D eigenvalue weighted by molar-refractivity contribution is -0.131. The van der Waals surface area contributed by atoms with Crippen LogP contribution in [0, 0.1) is 5.92 Å². The van der Waals surface area contributed by atoms with Gasteiger partial charge in [-0.3, -0.25) is 14.4 Å². The van der Waals surface area contributed by atoms with Crippen molar-refractivity contribution in [3.63, 3.8) is 0 Å². The third-order valence-corrected chi connectivity index (χ3v) is 2.63. The van der Waals surface area contributed by atoms with Crippen molar-refractivity contribution in [1.82, 2.24) is 10.6 Å². The largest absolute Gasteiger partial charge is 0.394 e. The summed E-state index contributed by atoms with van der Waals surface area (Å²) in [5, 5.41) is 13.8. The Morgan fingerprint density at radius 2 is 1.79 bits per heavy atom. The molecule has 2 atom stereocenters. The number of primary amides is 1. The molecule has 0 aliphatic carbocycles. The van der Waals surface area contributed by atoms with Crippen LogP contribution in [0.1, 0.15) is 20.3 Å². The van der Waals surface area contributed by atoms with Crippen molar-refractivity contribution in [3.05, 3.63) is 0 Å². The van der Waals surface area contributed by atoms with E-state index in [9.17, 15) is 14.4 Å². The topological polar surface area (TPSA) is 122 Å². The maximum Gasteiger partial charge on any atom is 0.245 e. The molecule has 0 fully saturated rings. The van der Waals surface area contributed by atoms with E-state index >= 15 is 0 Å². The van der Waals surface area contributed by atoms with Gasteiger partial charge in [-0.1, -0.05) is 13.8 Å². The molecule has 110 valence electrons. The van der Waals surface area contributed by atoms with E-state index in [1.54, 1.807) is 0 Å². The van der Waals surface area contributed by atoms with Gasteiger partial charge >= 0.3 is 0 Å². The molecule has 0 aromatic heterocycles. The summed E-state index contributed by atoms with van der Waals surface area (Å²) in [6, 6.07) is -1.94. The van der Waals surface area contributed by atoms with Gasteiger partial charge in [-0.05, 0) is 12.3 Å². The van der Waals surface area contributed by atoms with Crippen LogP contribution < -0.4 is 16.4 Å². The average molecular weight is 291 g/mol. The van der Waals surface area contributed by atoms with E-state index in [2.05, 4.69) is 23.3 Å². The number of nitrogens with two attached hydrogens (primary N) is 1. The van der Waals surface area contributed by atoms with Crippen LogP contribution in [-0.2, 0) is 14.4 Å². The zero-order chi connectivity index (χ0) is 15.0. The summed E-state index contributed by atoms with van der Waals surface area (Å²) in [7, 11) is 0. The van der Waals surface area contributed by atoms with Crippen LogP contribution in [0.3, 0.4) is 0 Å². The molecule has 0 heterocycles. The van der Waals surface area contributed by atoms with Crippen molar-refractivity contribution >= 4 is 30.4 Å². The number of amides is 3. The number of hydrogen-bond donors (Lipinski definition) is 5. The summed E-state index contributed by atoms with van der Waals surface area (Å²) in [5.41, 5.74) is 5.19. The number of carbonyl (C=O) groups excluding carboxylic acids is 3. The molecular formula is C11H21N3O4S. The normalized spacial score (nSPS) is 13.7. The molecule has 8 heteroatoms.